The molecular weight excluding hydrogens is 340 g/mol. The van der Waals surface area contributed by atoms with Crippen molar-refractivity contribution in [3.8, 4) is 0 Å². The summed E-state index contributed by atoms with van der Waals surface area (Å²) >= 11 is 0. The number of nitrogens with one attached hydrogen (secondary N) is 1. The van der Waals surface area contributed by atoms with E-state index in [9.17, 15) is 0 Å². The summed E-state index contributed by atoms with van der Waals surface area (Å²) < 4.78 is 11.9. The summed E-state index contributed by atoms with van der Waals surface area (Å²) in [6.45, 7) is 8.64. The molecule has 0 aliphatic carbocycles. The van der Waals surface area contributed by atoms with Crippen molar-refractivity contribution in [2.45, 2.75) is 70.0 Å². The Labute approximate surface area is 165 Å². The molecule has 1 atom stereocenters. The Morgan fingerprint density at radius 1 is 1.04 bits per heavy atom. The summed E-state index contributed by atoms with van der Waals surface area (Å²) in [5, 5.41) is 3.56. The number of nitrogens with zero attached hydrogens (tertiary/aromatic N) is 3. The fraction of sp³-hybridized carbons (Fsp3) is 0.952. The number of rotatable bonds is 8. The lowest BCUT2D eigenvalue weighted by atomic mass is 10.1. The van der Waals surface area contributed by atoms with Gasteiger partial charge in [-0.25, -0.2) is 0 Å². The van der Waals surface area contributed by atoms with Crippen LogP contribution in [0, 0.1) is 0 Å². The minimum Gasteiger partial charge on any atom is -0.376 e. The van der Waals surface area contributed by atoms with E-state index in [0.29, 0.717) is 12.2 Å². The van der Waals surface area contributed by atoms with Gasteiger partial charge in [0.15, 0.2) is 5.96 Å². The van der Waals surface area contributed by atoms with Crippen molar-refractivity contribution in [1.82, 2.24) is 15.1 Å². The number of ether oxygens (including phenoxy) is 2. The van der Waals surface area contributed by atoms with Gasteiger partial charge in [0.2, 0.25) is 0 Å². The molecule has 0 radical (unpaired) electrons. The van der Waals surface area contributed by atoms with Crippen molar-refractivity contribution < 1.29 is 9.47 Å². The smallest absolute Gasteiger partial charge is 0.193 e. The van der Waals surface area contributed by atoms with Gasteiger partial charge in [-0.15, -0.1) is 0 Å². The molecule has 156 valence electrons. The topological polar surface area (TPSA) is 49.3 Å². The van der Waals surface area contributed by atoms with Crippen LogP contribution < -0.4 is 5.32 Å². The quantitative estimate of drug-likeness (QED) is 0.398. The molecule has 3 aliphatic rings. The zero-order valence-corrected chi connectivity index (χ0v) is 17.3. The highest BCUT2D eigenvalue weighted by atomic mass is 16.5. The van der Waals surface area contributed by atoms with Crippen LogP contribution in [0.1, 0.15) is 57.8 Å². The molecular formula is C21H40N4O2. The lowest BCUT2D eigenvalue weighted by Crippen LogP contribution is -2.47. The standard InChI is InChI=1S/C21H40N4O2/c1-22-21(23-11-3-4-12-24-13-5-6-14-24)25-15-9-19(10-16-25)27-18-20-8-2-7-17-26-20/h19-20H,2-18H2,1H3,(H,22,23). The van der Waals surface area contributed by atoms with Gasteiger partial charge in [0.05, 0.1) is 18.8 Å². The SMILES string of the molecule is CN=C(NCCCCN1CCCC1)N1CCC(OCC2CCCCO2)CC1. The van der Waals surface area contributed by atoms with E-state index in [1.165, 1.54) is 58.2 Å². The fourth-order valence-corrected chi connectivity index (χ4v) is 4.42. The van der Waals surface area contributed by atoms with E-state index >= 15 is 0 Å². The fourth-order valence-electron chi connectivity index (χ4n) is 4.42. The van der Waals surface area contributed by atoms with Crippen LogP contribution >= 0.6 is 0 Å². The molecule has 0 aromatic carbocycles. The van der Waals surface area contributed by atoms with Crippen molar-refractivity contribution >= 4 is 5.96 Å². The molecule has 3 aliphatic heterocycles. The lowest BCUT2D eigenvalue weighted by Gasteiger charge is -2.35. The lowest BCUT2D eigenvalue weighted by molar-refractivity contribution is -0.0721. The average molecular weight is 381 g/mol. The first-order chi connectivity index (χ1) is 13.3. The summed E-state index contributed by atoms with van der Waals surface area (Å²) in [5.41, 5.74) is 0. The molecule has 0 saturated carbocycles. The van der Waals surface area contributed by atoms with Gasteiger partial charge < -0.3 is 24.6 Å². The average Bonchev–Trinajstić information content (AvgIpc) is 3.24. The Kier molecular flexibility index (Phi) is 9.18. The van der Waals surface area contributed by atoms with E-state index in [-0.39, 0.29) is 0 Å². The summed E-state index contributed by atoms with van der Waals surface area (Å²) in [6.07, 6.45) is 11.8. The molecule has 0 aromatic heterocycles. The Hall–Kier alpha value is -0.850. The number of aliphatic imine (C=N–C) groups is 1. The van der Waals surface area contributed by atoms with Gasteiger partial charge in [0, 0.05) is 33.3 Å². The van der Waals surface area contributed by atoms with Crippen molar-refractivity contribution in [1.29, 1.82) is 0 Å². The predicted molar refractivity (Wildman–Crippen MR) is 110 cm³/mol. The van der Waals surface area contributed by atoms with Gasteiger partial charge >= 0.3 is 0 Å². The third-order valence-corrected chi connectivity index (χ3v) is 6.13. The Balaban J connectivity index is 1.25. The maximum Gasteiger partial charge on any atom is 0.193 e. The van der Waals surface area contributed by atoms with Crippen LogP contribution in [0.25, 0.3) is 0 Å². The molecule has 3 rings (SSSR count). The van der Waals surface area contributed by atoms with E-state index in [0.717, 1.165) is 58.1 Å². The number of piperidine rings is 1. The van der Waals surface area contributed by atoms with Gasteiger partial charge in [0.25, 0.3) is 0 Å². The normalized spacial score (nSPS) is 25.9. The van der Waals surface area contributed by atoms with Crippen LogP contribution in [0.5, 0.6) is 0 Å². The highest BCUT2D eigenvalue weighted by Gasteiger charge is 2.23. The zero-order valence-electron chi connectivity index (χ0n) is 17.3. The third kappa shape index (κ3) is 7.24. The molecule has 3 heterocycles. The van der Waals surface area contributed by atoms with Crippen molar-refractivity contribution in [3.63, 3.8) is 0 Å². The van der Waals surface area contributed by atoms with Crippen molar-refractivity contribution in [2.24, 2.45) is 4.99 Å². The van der Waals surface area contributed by atoms with Gasteiger partial charge in [-0.2, -0.15) is 0 Å². The first-order valence-corrected chi connectivity index (χ1v) is 11.3. The predicted octanol–water partition coefficient (Wildman–Crippen LogP) is 2.49. The molecule has 1 N–H and O–H groups in total. The van der Waals surface area contributed by atoms with Crippen LogP contribution in [-0.4, -0.2) is 87.5 Å². The molecule has 6 nitrogen and oxygen atoms in total. The maximum absolute atomic E-state index is 6.13. The largest absolute Gasteiger partial charge is 0.376 e. The summed E-state index contributed by atoms with van der Waals surface area (Å²) in [7, 11) is 1.90. The Bertz CT molecular complexity index is 426. The van der Waals surface area contributed by atoms with E-state index in [1.54, 1.807) is 0 Å². The summed E-state index contributed by atoms with van der Waals surface area (Å²) in [4.78, 5) is 9.47. The number of hydrogen-bond acceptors (Lipinski definition) is 4. The second-order valence-electron chi connectivity index (χ2n) is 8.24. The maximum atomic E-state index is 6.13. The zero-order chi connectivity index (χ0) is 18.7. The van der Waals surface area contributed by atoms with Crippen LogP contribution in [0.3, 0.4) is 0 Å². The molecule has 3 saturated heterocycles. The molecule has 1 unspecified atom stereocenters. The van der Waals surface area contributed by atoms with Crippen LogP contribution in [0.2, 0.25) is 0 Å². The number of hydrogen-bond donors (Lipinski definition) is 1. The van der Waals surface area contributed by atoms with Gasteiger partial charge in [-0.05, 0) is 77.4 Å². The van der Waals surface area contributed by atoms with Crippen LogP contribution in [-0.2, 0) is 9.47 Å². The highest BCUT2D eigenvalue weighted by molar-refractivity contribution is 5.79. The summed E-state index contributed by atoms with van der Waals surface area (Å²) in [5.74, 6) is 1.06. The van der Waals surface area contributed by atoms with E-state index < -0.39 is 0 Å². The van der Waals surface area contributed by atoms with Gasteiger partial charge in [0.1, 0.15) is 0 Å². The Morgan fingerprint density at radius 3 is 2.56 bits per heavy atom. The summed E-state index contributed by atoms with van der Waals surface area (Å²) in [6, 6.07) is 0. The number of unbranched alkanes of at least 4 members (excludes halogenated alkanes) is 1. The van der Waals surface area contributed by atoms with E-state index in [2.05, 4.69) is 20.1 Å². The molecule has 6 heteroatoms. The molecule has 0 bridgehead atoms. The number of guanidine groups is 1. The van der Waals surface area contributed by atoms with Crippen molar-refractivity contribution in [2.75, 3.05) is 59.5 Å². The Morgan fingerprint density at radius 2 is 1.85 bits per heavy atom. The van der Waals surface area contributed by atoms with Crippen LogP contribution in [0.15, 0.2) is 4.99 Å². The van der Waals surface area contributed by atoms with E-state index in [4.69, 9.17) is 9.47 Å². The van der Waals surface area contributed by atoms with Crippen LogP contribution in [0.4, 0.5) is 0 Å². The van der Waals surface area contributed by atoms with Gasteiger partial charge in [-0.3, -0.25) is 4.99 Å². The molecule has 0 spiro atoms. The second-order valence-corrected chi connectivity index (χ2v) is 8.24. The third-order valence-electron chi connectivity index (χ3n) is 6.13. The molecule has 27 heavy (non-hydrogen) atoms. The van der Waals surface area contributed by atoms with E-state index in [1.807, 2.05) is 7.05 Å². The first kappa shape index (κ1) is 20.9. The second kappa shape index (κ2) is 11.9. The van der Waals surface area contributed by atoms with Crippen molar-refractivity contribution in [3.05, 3.63) is 0 Å². The molecule has 0 aromatic rings. The first-order valence-electron chi connectivity index (χ1n) is 11.3. The number of likely N-dealkylation sites (tertiary alicyclic amines) is 2. The van der Waals surface area contributed by atoms with Gasteiger partial charge in [-0.1, -0.05) is 0 Å². The highest BCUT2D eigenvalue weighted by Crippen LogP contribution is 2.18. The molecule has 3 fully saturated rings. The molecule has 0 amide bonds. The minimum atomic E-state index is 0.326. The minimum absolute atomic E-state index is 0.326. The monoisotopic (exact) mass is 380 g/mol.